The van der Waals surface area contributed by atoms with Gasteiger partial charge in [0, 0.05) is 30.8 Å². The second-order valence-corrected chi connectivity index (χ2v) is 6.82. The van der Waals surface area contributed by atoms with Crippen LogP contribution in [-0.2, 0) is 12.1 Å². The van der Waals surface area contributed by atoms with Crippen LogP contribution < -0.4 is 0 Å². The Bertz CT molecular complexity index is 849. The van der Waals surface area contributed by atoms with Crippen LogP contribution in [0, 0.1) is 24.0 Å². The molecule has 0 unspecified atom stereocenters. The van der Waals surface area contributed by atoms with Gasteiger partial charge in [0.15, 0.2) is 0 Å². The van der Waals surface area contributed by atoms with Gasteiger partial charge < -0.3 is 5.11 Å². The third kappa shape index (κ3) is 4.07. The highest BCUT2D eigenvalue weighted by Gasteiger charge is 2.42. The highest BCUT2D eigenvalue weighted by molar-refractivity contribution is 5.27. The predicted octanol–water partition coefficient (Wildman–Crippen LogP) is 2.49. The van der Waals surface area contributed by atoms with Gasteiger partial charge in [-0.05, 0) is 31.9 Å². The van der Waals surface area contributed by atoms with Gasteiger partial charge >= 0.3 is 0 Å². The van der Waals surface area contributed by atoms with E-state index in [1.807, 2.05) is 6.92 Å². The summed E-state index contributed by atoms with van der Waals surface area (Å²) in [5.74, 6) is 1.08. The second-order valence-electron chi connectivity index (χ2n) is 6.82. The fourth-order valence-electron chi connectivity index (χ4n) is 3.61. The third-order valence-electron chi connectivity index (χ3n) is 5.23. The molecule has 1 aromatic carbocycles. The van der Waals surface area contributed by atoms with E-state index in [2.05, 4.69) is 20.9 Å². The Balaban J connectivity index is 1.92. The number of terminal acetylenes is 1. The van der Waals surface area contributed by atoms with E-state index < -0.39 is 23.3 Å². The summed E-state index contributed by atoms with van der Waals surface area (Å²) in [6, 6.07) is 2.81. The number of hydrogen-bond donors (Lipinski definition) is 1. The number of likely N-dealkylation sites (tertiary alicyclic amines) is 1. The minimum absolute atomic E-state index is 0.000269. The molecule has 0 radical (unpaired) electrons. The highest BCUT2D eigenvalue weighted by atomic mass is 19.1. The second kappa shape index (κ2) is 7.99. The van der Waals surface area contributed by atoms with Gasteiger partial charge in [-0.1, -0.05) is 17.6 Å². The molecule has 0 amide bonds. The van der Waals surface area contributed by atoms with Crippen molar-refractivity contribution in [3.63, 3.8) is 0 Å². The molecule has 1 aliphatic rings. The summed E-state index contributed by atoms with van der Waals surface area (Å²) in [5, 5.41) is 15.6. The van der Waals surface area contributed by atoms with Crippen molar-refractivity contribution in [3.05, 3.63) is 59.7 Å². The first kappa shape index (κ1) is 19.2. The fourth-order valence-corrected chi connectivity index (χ4v) is 3.61. The molecule has 1 saturated heterocycles. The van der Waals surface area contributed by atoms with Gasteiger partial charge in [-0.25, -0.2) is 18.4 Å². The minimum Gasteiger partial charge on any atom is -0.381 e. The SMILES string of the molecule is C#CC=C1CCN([C@@H](C)[C@@](O)(Cn2cncn2)c2ccc(F)cc2F)CC1. The zero-order valence-electron chi connectivity index (χ0n) is 15.1. The van der Waals surface area contributed by atoms with Crippen LogP contribution in [0.2, 0.25) is 0 Å². The summed E-state index contributed by atoms with van der Waals surface area (Å²) >= 11 is 0. The van der Waals surface area contributed by atoms with Crippen molar-refractivity contribution in [1.29, 1.82) is 0 Å². The van der Waals surface area contributed by atoms with Crippen LogP contribution >= 0.6 is 0 Å². The highest BCUT2D eigenvalue weighted by Crippen LogP contribution is 2.34. The molecule has 142 valence electrons. The van der Waals surface area contributed by atoms with E-state index in [-0.39, 0.29) is 12.1 Å². The molecule has 27 heavy (non-hydrogen) atoms. The van der Waals surface area contributed by atoms with Crippen molar-refractivity contribution < 1.29 is 13.9 Å². The Morgan fingerprint density at radius 1 is 1.37 bits per heavy atom. The Hall–Kier alpha value is -2.56. The third-order valence-corrected chi connectivity index (χ3v) is 5.23. The van der Waals surface area contributed by atoms with Crippen molar-refractivity contribution >= 4 is 0 Å². The molecule has 2 aromatic rings. The molecule has 0 bridgehead atoms. The van der Waals surface area contributed by atoms with Crippen LogP contribution in [0.3, 0.4) is 0 Å². The van der Waals surface area contributed by atoms with Crippen molar-refractivity contribution in [1.82, 2.24) is 19.7 Å². The lowest BCUT2D eigenvalue weighted by molar-refractivity contribution is -0.0657. The Labute approximate surface area is 157 Å². The van der Waals surface area contributed by atoms with Gasteiger partial charge in [0.1, 0.15) is 29.9 Å². The first-order valence-electron chi connectivity index (χ1n) is 8.82. The molecule has 0 spiro atoms. The smallest absolute Gasteiger partial charge is 0.137 e. The summed E-state index contributed by atoms with van der Waals surface area (Å²) < 4.78 is 29.4. The van der Waals surface area contributed by atoms with E-state index in [4.69, 9.17) is 6.42 Å². The largest absolute Gasteiger partial charge is 0.381 e. The molecular weight excluding hydrogens is 350 g/mol. The molecular formula is C20H22F2N4O. The molecule has 1 aromatic heterocycles. The number of rotatable bonds is 5. The molecule has 3 rings (SSSR count). The van der Waals surface area contributed by atoms with Crippen LogP contribution in [0.25, 0.3) is 0 Å². The number of nitrogens with zero attached hydrogens (tertiary/aromatic N) is 4. The number of halogens is 2. The van der Waals surface area contributed by atoms with Gasteiger partial charge in [0.25, 0.3) is 0 Å². The maximum atomic E-state index is 14.6. The van der Waals surface area contributed by atoms with Crippen LogP contribution in [0.4, 0.5) is 8.78 Å². The first-order chi connectivity index (χ1) is 12.9. The average Bonchev–Trinajstić information content (AvgIpc) is 3.14. The van der Waals surface area contributed by atoms with Crippen LogP contribution in [0.1, 0.15) is 25.3 Å². The van der Waals surface area contributed by atoms with Gasteiger partial charge in [-0.3, -0.25) is 4.90 Å². The number of aromatic nitrogens is 3. The van der Waals surface area contributed by atoms with E-state index in [0.717, 1.165) is 25.0 Å². The molecule has 1 fully saturated rings. The Kier molecular flexibility index (Phi) is 5.68. The van der Waals surface area contributed by atoms with Gasteiger partial charge in [-0.2, -0.15) is 5.10 Å². The standard InChI is InChI=1S/C20H22F2N4O/c1-3-4-16-7-9-25(10-8-16)15(2)20(27,12-26-14-23-13-24-26)18-6-5-17(21)11-19(18)22/h1,4-6,11,13-15,27H,7-10,12H2,2H3/t15-,20-/m0/s1. The number of allylic oxidation sites excluding steroid dienone is 1. The fraction of sp³-hybridized carbons (Fsp3) is 0.400. The number of hydrogen-bond acceptors (Lipinski definition) is 4. The lowest BCUT2D eigenvalue weighted by Gasteiger charge is -2.43. The molecule has 2 atom stereocenters. The quantitative estimate of drug-likeness (QED) is 0.820. The number of benzene rings is 1. The maximum Gasteiger partial charge on any atom is 0.137 e. The van der Waals surface area contributed by atoms with Crippen molar-refractivity contribution in [3.8, 4) is 12.3 Å². The molecule has 0 saturated carbocycles. The molecule has 2 heterocycles. The molecule has 1 N–H and O–H groups in total. The number of piperidine rings is 1. The van der Waals surface area contributed by atoms with Crippen molar-refractivity contribution in [2.24, 2.45) is 0 Å². The molecule has 1 aliphatic heterocycles. The van der Waals surface area contributed by atoms with E-state index in [9.17, 15) is 13.9 Å². The van der Waals surface area contributed by atoms with Crippen molar-refractivity contribution in [2.45, 2.75) is 38.0 Å². The van der Waals surface area contributed by atoms with E-state index in [1.54, 1.807) is 6.08 Å². The van der Waals surface area contributed by atoms with Crippen LogP contribution in [-0.4, -0.2) is 43.9 Å². The summed E-state index contributed by atoms with van der Waals surface area (Å²) in [5.41, 5.74) is -0.385. The minimum atomic E-state index is -1.61. The zero-order chi connectivity index (χ0) is 19.4. The van der Waals surface area contributed by atoms with E-state index in [0.29, 0.717) is 13.1 Å². The maximum absolute atomic E-state index is 14.6. The number of aliphatic hydroxyl groups is 1. The van der Waals surface area contributed by atoms with E-state index in [1.165, 1.54) is 29.0 Å². The zero-order valence-corrected chi connectivity index (χ0v) is 15.1. The monoisotopic (exact) mass is 372 g/mol. The lowest BCUT2D eigenvalue weighted by atomic mass is 9.84. The van der Waals surface area contributed by atoms with Gasteiger partial charge in [0.2, 0.25) is 0 Å². The Morgan fingerprint density at radius 2 is 2.11 bits per heavy atom. The summed E-state index contributed by atoms with van der Waals surface area (Å²) in [6.07, 6.45) is 11.5. The first-order valence-corrected chi connectivity index (χ1v) is 8.82. The van der Waals surface area contributed by atoms with Crippen molar-refractivity contribution in [2.75, 3.05) is 13.1 Å². The summed E-state index contributed by atoms with van der Waals surface area (Å²) in [6.45, 7) is 3.23. The van der Waals surface area contributed by atoms with E-state index >= 15 is 0 Å². The van der Waals surface area contributed by atoms with Crippen LogP contribution in [0.15, 0.2) is 42.5 Å². The summed E-state index contributed by atoms with van der Waals surface area (Å²) in [7, 11) is 0. The average molecular weight is 372 g/mol. The lowest BCUT2D eigenvalue weighted by Crippen LogP contribution is -2.53. The van der Waals surface area contributed by atoms with Gasteiger partial charge in [-0.15, -0.1) is 6.42 Å². The normalized spacial score (nSPS) is 18.6. The molecule has 5 nitrogen and oxygen atoms in total. The topological polar surface area (TPSA) is 54.2 Å². The summed E-state index contributed by atoms with van der Waals surface area (Å²) in [4.78, 5) is 5.98. The predicted molar refractivity (Wildman–Crippen MR) is 97.5 cm³/mol. The Morgan fingerprint density at radius 3 is 2.70 bits per heavy atom. The molecule has 0 aliphatic carbocycles. The molecule has 7 heteroatoms. The van der Waals surface area contributed by atoms with Gasteiger partial charge in [0.05, 0.1) is 6.54 Å². The van der Waals surface area contributed by atoms with Crippen LogP contribution in [0.5, 0.6) is 0 Å².